The first-order valence-electron chi connectivity index (χ1n) is 10.3. The molecule has 5 nitrogen and oxygen atoms in total. The lowest BCUT2D eigenvalue weighted by Gasteiger charge is -2.23. The predicted octanol–water partition coefficient (Wildman–Crippen LogP) is 6.49. The Hall–Kier alpha value is -3.18. The lowest BCUT2D eigenvalue weighted by molar-refractivity contribution is 0.102. The fourth-order valence-electron chi connectivity index (χ4n) is 3.37. The number of hydrogen-bond donors (Lipinski definition) is 1. The van der Waals surface area contributed by atoms with E-state index < -0.39 is 0 Å². The Bertz CT molecular complexity index is 1110. The molecule has 0 bridgehead atoms. The number of anilines is 1. The maximum Gasteiger partial charge on any atom is 0.255 e. The van der Waals surface area contributed by atoms with Crippen LogP contribution < -0.4 is 19.5 Å². The zero-order chi connectivity index (χ0) is 23.3. The standard InChI is InChI=1S/C26H28ClNO4/c1-26(2,3)20-8-6-7-9-23(20)32-16-18-14-17(10-12-22(18)30-4)25(29)28-21-15-19(27)11-13-24(21)31-5/h6-15H,16H2,1-5H3,(H,28,29). The Balaban J connectivity index is 1.84. The summed E-state index contributed by atoms with van der Waals surface area (Å²) in [5, 5.41) is 3.36. The second kappa shape index (κ2) is 9.96. The smallest absolute Gasteiger partial charge is 0.255 e. The number of hydrogen-bond acceptors (Lipinski definition) is 4. The molecule has 168 valence electrons. The Morgan fingerprint density at radius 2 is 1.59 bits per heavy atom. The average Bonchev–Trinajstić information content (AvgIpc) is 2.77. The van der Waals surface area contributed by atoms with Crippen LogP contribution in [0.15, 0.2) is 60.7 Å². The van der Waals surface area contributed by atoms with E-state index in [-0.39, 0.29) is 17.9 Å². The van der Waals surface area contributed by atoms with Gasteiger partial charge in [-0.1, -0.05) is 50.6 Å². The minimum Gasteiger partial charge on any atom is -0.496 e. The number of amides is 1. The third-order valence-electron chi connectivity index (χ3n) is 5.03. The van der Waals surface area contributed by atoms with Crippen LogP contribution in [0.25, 0.3) is 0 Å². The van der Waals surface area contributed by atoms with Crippen LogP contribution in [0.4, 0.5) is 5.69 Å². The number of rotatable bonds is 7. The highest BCUT2D eigenvalue weighted by Crippen LogP contribution is 2.33. The highest BCUT2D eigenvalue weighted by Gasteiger charge is 2.19. The molecule has 0 saturated carbocycles. The largest absolute Gasteiger partial charge is 0.496 e. The zero-order valence-electron chi connectivity index (χ0n) is 19.0. The molecular formula is C26H28ClNO4. The Morgan fingerprint density at radius 3 is 2.28 bits per heavy atom. The molecule has 1 N–H and O–H groups in total. The van der Waals surface area contributed by atoms with E-state index >= 15 is 0 Å². The van der Waals surface area contributed by atoms with Crippen LogP contribution in [0.1, 0.15) is 42.3 Å². The van der Waals surface area contributed by atoms with Gasteiger partial charge in [-0.15, -0.1) is 0 Å². The number of carbonyl (C=O) groups excluding carboxylic acids is 1. The van der Waals surface area contributed by atoms with Crippen molar-refractivity contribution >= 4 is 23.2 Å². The minimum absolute atomic E-state index is 0.0571. The van der Waals surface area contributed by atoms with Crippen molar-refractivity contribution in [3.8, 4) is 17.2 Å². The highest BCUT2D eigenvalue weighted by molar-refractivity contribution is 6.31. The maximum absolute atomic E-state index is 12.9. The molecule has 0 fully saturated rings. The van der Waals surface area contributed by atoms with Crippen LogP contribution in [0.2, 0.25) is 5.02 Å². The molecular weight excluding hydrogens is 426 g/mol. The van der Waals surface area contributed by atoms with E-state index in [0.29, 0.717) is 27.8 Å². The van der Waals surface area contributed by atoms with Crippen molar-refractivity contribution in [2.24, 2.45) is 0 Å². The first-order chi connectivity index (χ1) is 15.2. The first-order valence-corrected chi connectivity index (χ1v) is 10.6. The molecule has 1 amide bonds. The molecule has 32 heavy (non-hydrogen) atoms. The van der Waals surface area contributed by atoms with Gasteiger partial charge in [0.1, 0.15) is 23.9 Å². The molecule has 0 heterocycles. The summed E-state index contributed by atoms with van der Waals surface area (Å²) in [6.07, 6.45) is 0. The predicted molar refractivity (Wildman–Crippen MR) is 128 cm³/mol. The van der Waals surface area contributed by atoms with Crippen molar-refractivity contribution < 1.29 is 19.0 Å². The van der Waals surface area contributed by atoms with Crippen LogP contribution in [0.3, 0.4) is 0 Å². The number of benzene rings is 3. The van der Waals surface area contributed by atoms with Crippen LogP contribution >= 0.6 is 11.6 Å². The molecule has 3 aromatic rings. The number of para-hydroxylation sites is 1. The van der Waals surface area contributed by atoms with Gasteiger partial charge in [-0.05, 0) is 53.4 Å². The molecule has 0 spiro atoms. The lowest BCUT2D eigenvalue weighted by Crippen LogP contribution is -2.14. The summed E-state index contributed by atoms with van der Waals surface area (Å²) in [5.41, 5.74) is 2.79. The molecule has 3 rings (SSSR count). The summed E-state index contributed by atoms with van der Waals surface area (Å²) < 4.78 is 16.9. The van der Waals surface area contributed by atoms with Crippen molar-refractivity contribution in [1.29, 1.82) is 0 Å². The van der Waals surface area contributed by atoms with E-state index in [2.05, 4.69) is 32.2 Å². The van der Waals surface area contributed by atoms with Crippen LogP contribution in [-0.4, -0.2) is 20.1 Å². The van der Waals surface area contributed by atoms with Gasteiger partial charge in [-0.3, -0.25) is 4.79 Å². The molecule has 3 aromatic carbocycles. The number of methoxy groups -OCH3 is 2. The number of nitrogens with one attached hydrogen (secondary N) is 1. The molecule has 0 unspecified atom stereocenters. The third kappa shape index (κ3) is 5.54. The van der Waals surface area contributed by atoms with Crippen molar-refractivity contribution in [2.75, 3.05) is 19.5 Å². The van der Waals surface area contributed by atoms with Gasteiger partial charge in [0.25, 0.3) is 5.91 Å². The average molecular weight is 454 g/mol. The number of halogens is 1. The Labute approximate surface area is 194 Å². The highest BCUT2D eigenvalue weighted by atomic mass is 35.5. The fourth-order valence-corrected chi connectivity index (χ4v) is 3.54. The summed E-state index contributed by atoms with van der Waals surface area (Å²) in [4.78, 5) is 12.9. The summed E-state index contributed by atoms with van der Waals surface area (Å²) >= 11 is 6.07. The van der Waals surface area contributed by atoms with E-state index in [0.717, 1.165) is 16.9 Å². The minimum atomic E-state index is -0.287. The monoisotopic (exact) mass is 453 g/mol. The fraction of sp³-hybridized carbons (Fsp3) is 0.269. The molecule has 0 saturated heterocycles. The van der Waals surface area contributed by atoms with Crippen LogP contribution in [0.5, 0.6) is 17.2 Å². The summed E-state index contributed by atoms with van der Waals surface area (Å²) in [5.74, 6) is 1.69. The molecule has 0 aliphatic carbocycles. The summed E-state index contributed by atoms with van der Waals surface area (Å²) in [6, 6.07) is 18.3. The van der Waals surface area contributed by atoms with Crippen molar-refractivity contribution in [3.05, 3.63) is 82.4 Å². The second-order valence-corrected chi connectivity index (χ2v) is 8.80. The second-order valence-electron chi connectivity index (χ2n) is 8.36. The zero-order valence-corrected chi connectivity index (χ0v) is 19.7. The van der Waals surface area contributed by atoms with Gasteiger partial charge in [0.05, 0.1) is 19.9 Å². The first kappa shape index (κ1) is 23.5. The third-order valence-corrected chi connectivity index (χ3v) is 5.27. The van der Waals surface area contributed by atoms with E-state index in [1.807, 2.05) is 18.2 Å². The molecule has 0 aliphatic rings. The Kier molecular flexibility index (Phi) is 7.31. The Morgan fingerprint density at radius 1 is 0.906 bits per heavy atom. The molecule has 0 aliphatic heterocycles. The van der Waals surface area contributed by atoms with Crippen LogP contribution in [-0.2, 0) is 12.0 Å². The van der Waals surface area contributed by atoms with E-state index in [4.69, 9.17) is 25.8 Å². The van der Waals surface area contributed by atoms with Crippen molar-refractivity contribution in [1.82, 2.24) is 0 Å². The van der Waals surface area contributed by atoms with E-state index in [9.17, 15) is 4.79 Å². The van der Waals surface area contributed by atoms with E-state index in [1.165, 1.54) is 7.11 Å². The topological polar surface area (TPSA) is 56.8 Å². The normalized spacial score (nSPS) is 11.1. The van der Waals surface area contributed by atoms with Gasteiger partial charge in [0.2, 0.25) is 0 Å². The lowest BCUT2D eigenvalue weighted by atomic mass is 9.86. The van der Waals surface area contributed by atoms with Gasteiger partial charge < -0.3 is 19.5 Å². The van der Waals surface area contributed by atoms with Gasteiger partial charge in [0.15, 0.2) is 0 Å². The quantitative estimate of drug-likeness (QED) is 0.444. The van der Waals surface area contributed by atoms with Crippen molar-refractivity contribution in [3.63, 3.8) is 0 Å². The van der Waals surface area contributed by atoms with Crippen LogP contribution in [0, 0.1) is 0 Å². The molecule has 0 atom stereocenters. The summed E-state index contributed by atoms with van der Waals surface area (Å²) in [7, 11) is 3.13. The van der Waals surface area contributed by atoms with E-state index in [1.54, 1.807) is 43.5 Å². The number of ether oxygens (including phenoxy) is 3. The summed E-state index contributed by atoms with van der Waals surface area (Å²) in [6.45, 7) is 6.69. The SMILES string of the molecule is COc1ccc(C(=O)Nc2cc(Cl)ccc2OC)cc1COc1ccccc1C(C)(C)C. The molecule has 0 radical (unpaired) electrons. The van der Waals surface area contributed by atoms with Gasteiger partial charge >= 0.3 is 0 Å². The number of carbonyl (C=O) groups is 1. The van der Waals surface area contributed by atoms with Crippen molar-refractivity contribution in [2.45, 2.75) is 32.8 Å². The van der Waals surface area contributed by atoms with Gasteiger partial charge in [0, 0.05) is 16.1 Å². The molecule has 0 aromatic heterocycles. The maximum atomic E-state index is 12.9. The van der Waals surface area contributed by atoms with Gasteiger partial charge in [-0.2, -0.15) is 0 Å². The van der Waals surface area contributed by atoms with Gasteiger partial charge in [-0.25, -0.2) is 0 Å². The molecule has 6 heteroatoms.